The molecule has 114 valence electrons. The summed E-state index contributed by atoms with van der Waals surface area (Å²) < 4.78 is 12.6. The second-order valence-corrected chi connectivity index (χ2v) is 5.55. The van der Waals surface area contributed by atoms with Crippen molar-refractivity contribution >= 4 is 5.91 Å². The number of ether oxygens (including phenoxy) is 2. The first-order chi connectivity index (χ1) is 10.7. The lowest BCUT2D eigenvalue weighted by Crippen LogP contribution is -2.41. The molecule has 0 radical (unpaired) electrons. The number of rotatable bonds is 2. The molecule has 0 saturated heterocycles. The zero-order chi connectivity index (χ0) is 15.1. The predicted molar refractivity (Wildman–Crippen MR) is 76.9 cm³/mol. The third-order valence-electron chi connectivity index (χ3n) is 4.10. The van der Waals surface area contributed by atoms with Gasteiger partial charge in [0.25, 0.3) is 5.91 Å². The molecule has 0 saturated carbocycles. The van der Waals surface area contributed by atoms with E-state index in [0.717, 1.165) is 24.5 Å². The van der Waals surface area contributed by atoms with Gasteiger partial charge < -0.3 is 19.4 Å². The topological polar surface area (TPSA) is 78.3 Å². The first-order valence-corrected chi connectivity index (χ1v) is 7.30. The average Bonchev–Trinajstić information content (AvgIpc) is 3.13. The largest absolute Gasteiger partial charge is 0.454 e. The Kier molecular flexibility index (Phi) is 2.99. The van der Waals surface area contributed by atoms with Gasteiger partial charge in [-0.2, -0.15) is 0 Å². The Morgan fingerprint density at radius 2 is 2.18 bits per heavy atom. The van der Waals surface area contributed by atoms with Gasteiger partial charge in [0.15, 0.2) is 11.5 Å². The molecule has 2 aromatic rings. The summed E-state index contributed by atoms with van der Waals surface area (Å²) in [5.41, 5.74) is 0.579. The zero-order valence-electron chi connectivity index (χ0n) is 12.2. The molecule has 2 aliphatic rings. The molecule has 1 aromatic heterocycles. The van der Waals surface area contributed by atoms with Crippen LogP contribution in [-0.4, -0.2) is 33.5 Å². The molecule has 1 atom stereocenters. The molecule has 22 heavy (non-hydrogen) atoms. The van der Waals surface area contributed by atoms with E-state index in [-0.39, 0.29) is 18.7 Å². The van der Waals surface area contributed by atoms with Crippen molar-refractivity contribution in [3.63, 3.8) is 0 Å². The normalized spacial score (nSPS) is 18.9. The van der Waals surface area contributed by atoms with E-state index in [1.165, 1.54) is 0 Å². The number of hydrogen-bond donors (Lipinski definition) is 1. The maximum absolute atomic E-state index is 12.4. The molecule has 0 spiro atoms. The van der Waals surface area contributed by atoms with E-state index in [1.54, 1.807) is 18.2 Å². The average molecular weight is 300 g/mol. The van der Waals surface area contributed by atoms with E-state index in [9.17, 15) is 4.79 Å². The number of hydrogen-bond acceptors (Lipinski definition) is 5. The van der Waals surface area contributed by atoms with Crippen molar-refractivity contribution in [2.75, 3.05) is 6.79 Å². The number of amides is 1. The van der Waals surface area contributed by atoms with Gasteiger partial charge in [-0.25, -0.2) is 0 Å². The van der Waals surface area contributed by atoms with Crippen LogP contribution in [0.2, 0.25) is 0 Å². The highest BCUT2D eigenvalue weighted by Gasteiger charge is 2.24. The number of nitrogens with one attached hydrogen (secondary N) is 1. The first kappa shape index (κ1) is 13.1. The molecule has 7 heteroatoms. The second-order valence-electron chi connectivity index (χ2n) is 5.55. The minimum absolute atomic E-state index is 0.0834. The number of carbonyl (C=O) groups excluding carboxylic acids is 1. The summed E-state index contributed by atoms with van der Waals surface area (Å²) in [7, 11) is 0. The van der Waals surface area contributed by atoms with Crippen LogP contribution in [0.4, 0.5) is 0 Å². The summed E-state index contributed by atoms with van der Waals surface area (Å²) in [5.74, 6) is 3.08. The van der Waals surface area contributed by atoms with Gasteiger partial charge in [-0.1, -0.05) is 0 Å². The van der Waals surface area contributed by atoms with Gasteiger partial charge in [0.05, 0.1) is 0 Å². The third-order valence-corrected chi connectivity index (χ3v) is 4.10. The fraction of sp³-hybridized carbons (Fsp3) is 0.400. The van der Waals surface area contributed by atoms with E-state index < -0.39 is 0 Å². The summed E-state index contributed by atoms with van der Waals surface area (Å²) in [6.07, 6.45) is 1.70. The van der Waals surface area contributed by atoms with Gasteiger partial charge in [-0.3, -0.25) is 4.79 Å². The van der Waals surface area contributed by atoms with Gasteiger partial charge in [0.2, 0.25) is 6.79 Å². The highest BCUT2D eigenvalue weighted by Crippen LogP contribution is 2.32. The molecule has 0 aliphatic carbocycles. The Labute approximate surface area is 127 Å². The monoisotopic (exact) mass is 300 g/mol. The fourth-order valence-electron chi connectivity index (χ4n) is 2.89. The van der Waals surface area contributed by atoms with Crippen LogP contribution in [0.25, 0.3) is 0 Å². The third kappa shape index (κ3) is 2.18. The van der Waals surface area contributed by atoms with E-state index in [2.05, 4.69) is 20.1 Å². The maximum Gasteiger partial charge on any atom is 0.251 e. The molecule has 7 nitrogen and oxygen atoms in total. The van der Waals surface area contributed by atoms with Crippen LogP contribution >= 0.6 is 0 Å². The molecule has 1 aromatic carbocycles. The summed E-state index contributed by atoms with van der Waals surface area (Å²) in [6, 6.07) is 5.32. The fourth-order valence-corrected chi connectivity index (χ4v) is 2.89. The Balaban J connectivity index is 1.48. The Hall–Kier alpha value is -2.57. The molecule has 4 rings (SSSR count). The molecule has 0 fully saturated rings. The van der Waals surface area contributed by atoms with Gasteiger partial charge in [0.1, 0.15) is 11.6 Å². The summed E-state index contributed by atoms with van der Waals surface area (Å²) >= 11 is 0. The van der Waals surface area contributed by atoms with Gasteiger partial charge >= 0.3 is 0 Å². The standard InChI is InChI=1S/C15H16N4O3/c1-9-17-18-14-5-3-11(7-19(9)14)16-15(20)10-2-4-12-13(6-10)22-8-21-12/h2,4,6,11H,3,5,7-8H2,1H3,(H,16,20). The SMILES string of the molecule is Cc1nnc2n1CC(NC(=O)c1ccc3c(c1)OCO3)CC2. The molecule has 1 unspecified atom stereocenters. The van der Waals surface area contributed by atoms with Gasteiger partial charge in [0, 0.05) is 24.6 Å². The highest BCUT2D eigenvalue weighted by atomic mass is 16.7. The van der Waals surface area contributed by atoms with Crippen LogP contribution < -0.4 is 14.8 Å². The number of nitrogens with zero attached hydrogens (tertiary/aromatic N) is 3. The summed E-state index contributed by atoms with van der Waals surface area (Å²) in [5, 5.41) is 11.3. The van der Waals surface area contributed by atoms with Crippen molar-refractivity contribution < 1.29 is 14.3 Å². The molecule has 2 aliphatic heterocycles. The van der Waals surface area contributed by atoms with Crippen molar-refractivity contribution in [1.82, 2.24) is 20.1 Å². The number of aryl methyl sites for hydroxylation is 2. The predicted octanol–water partition coefficient (Wildman–Crippen LogP) is 1.06. The lowest BCUT2D eigenvalue weighted by atomic mass is 10.1. The van der Waals surface area contributed by atoms with Crippen LogP contribution in [0.1, 0.15) is 28.4 Å². The Bertz CT molecular complexity index is 740. The van der Waals surface area contributed by atoms with Crippen LogP contribution in [-0.2, 0) is 13.0 Å². The molecular formula is C15H16N4O3. The van der Waals surface area contributed by atoms with Gasteiger partial charge in [-0.15, -0.1) is 10.2 Å². The Morgan fingerprint density at radius 3 is 3.09 bits per heavy atom. The summed E-state index contributed by atoms with van der Waals surface area (Å²) in [4.78, 5) is 12.4. The second kappa shape index (κ2) is 5.01. The van der Waals surface area contributed by atoms with Crippen molar-refractivity contribution in [3.8, 4) is 11.5 Å². The molecule has 1 N–H and O–H groups in total. The molecule has 1 amide bonds. The van der Waals surface area contributed by atoms with Crippen molar-refractivity contribution in [3.05, 3.63) is 35.4 Å². The zero-order valence-corrected chi connectivity index (χ0v) is 12.2. The molecule has 0 bridgehead atoms. The quantitative estimate of drug-likeness (QED) is 0.897. The molecular weight excluding hydrogens is 284 g/mol. The smallest absolute Gasteiger partial charge is 0.251 e. The van der Waals surface area contributed by atoms with Crippen LogP contribution in [0.15, 0.2) is 18.2 Å². The molecule has 3 heterocycles. The van der Waals surface area contributed by atoms with Crippen LogP contribution in [0.3, 0.4) is 0 Å². The van der Waals surface area contributed by atoms with Gasteiger partial charge in [-0.05, 0) is 31.5 Å². The lowest BCUT2D eigenvalue weighted by molar-refractivity contribution is 0.0927. The number of benzene rings is 1. The van der Waals surface area contributed by atoms with E-state index >= 15 is 0 Å². The summed E-state index contributed by atoms with van der Waals surface area (Å²) in [6.45, 7) is 2.85. The van der Waals surface area contributed by atoms with E-state index in [4.69, 9.17) is 9.47 Å². The van der Waals surface area contributed by atoms with Crippen LogP contribution in [0.5, 0.6) is 11.5 Å². The minimum Gasteiger partial charge on any atom is -0.454 e. The number of carbonyl (C=O) groups is 1. The highest BCUT2D eigenvalue weighted by molar-refractivity contribution is 5.95. The minimum atomic E-state index is -0.0996. The van der Waals surface area contributed by atoms with Crippen molar-refractivity contribution in [2.45, 2.75) is 32.4 Å². The number of fused-ring (bicyclic) bond motifs is 2. The van der Waals surface area contributed by atoms with Crippen molar-refractivity contribution in [2.24, 2.45) is 0 Å². The van der Waals surface area contributed by atoms with E-state index in [0.29, 0.717) is 23.6 Å². The maximum atomic E-state index is 12.4. The van der Waals surface area contributed by atoms with E-state index in [1.807, 2.05) is 6.92 Å². The lowest BCUT2D eigenvalue weighted by Gasteiger charge is -2.25. The van der Waals surface area contributed by atoms with Crippen molar-refractivity contribution in [1.29, 1.82) is 0 Å². The Morgan fingerprint density at radius 1 is 1.32 bits per heavy atom. The van der Waals surface area contributed by atoms with Crippen LogP contribution in [0, 0.1) is 6.92 Å². The first-order valence-electron chi connectivity index (χ1n) is 7.30. The number of aromatic nitrogens is 3.